The summed E-state index contributed by atoms with van der Waals surface area (Å²) in [5, 5.41) is 0. The first kappa shape index (κ1) is 20.9. The molecule has 0 aliphatic carbocycles. The third-order valence-electron chi connectivity index (χ3n) is 6.42. The van der Waals surface area contributed by atoms with E-state index in [1.54, 1.807) is 8.61 Å². The number of hydrogen-bond acceptors (Lipinski definition) is 5. The van der Waals surface area contributed by atoms with E-state index < -0.39 is 10.2 Å². The van der Waals surface area contributed by atoms with Gasteiger partial charge in [-0.15, -0.1) is 0 Å². The summed E-state index contributed by atoms with van der Waals surface area (Å²) in [4.78, 5) is 2.44. The molecule has 4 rings (SSSR count). The maximum Gasteiger partial charge on any atom is 0.282 e. The summed E-state index contributed by atoms with van der Waals surface area (Å²) < 4.78 is 40.1. The molecule has 7 nitrogen and oxygen atoms in total. The molecule has 1 spiro atoms. The van der Waals surface area contributed by atoms with Crippen LogP contribution in [0.25, 0.3) is 0 Å². The zero-order valence-electron chi connectivity index (χ0n) is 17.5. The van der Waals surface area contributed by atoms with Crippen LogP contribution >= 0.6 is 0 Å². The molecular formula is C21H33N3O4S. The highest BCUT2D eigenvalue weighted by molar-refractivity contribution is 7.86. The van der Waals surface area contributed by atoms with Gasteiger partial charge < -0.3 is 14.4 Å². The quantitative estimate of drug-likeness (QED) is 0.728. The number of ether oxygens (including phenoxy) is 2. The molecule has 0 unspecified atom stereocenters. The van der Waals surface area contributed by atoms with Gasteiger partial charge in [0.15, 0.2) is 0 Å². The van der Waals surface area contributed by atoms with Gasteiger partial charge in [-0.2, -0.15) is 17.0 Å². The van der Waals surface area contributed by atoms with E-state index in [1.807, 2.05) is 26.0 Å². The molecule has 0 atom stereocenters. The predicted octanol–water partition coefficient (Wildman–Crippen LogP) is 2.34. The molecule has 0 amide bonds. The lowest BCUT2D eigenvalue weighted by molar-refractivity contribution is 0.0681. The first-order chi connectivity index (χ1) is 13.9. The summed E-state index contributed by atoms with van der Waals surface area (Å²) in [6, 6.07) is 8.35. The van der Waals surface area contributed by atoms with Crippen molar-refractivity contribution in [2.45, 2.75) is 39.2 Å². The number of benzene rings is 1. The van der Waals surface area contributed by atoms with Gasteiger partial charge in [0.1, 0.15) is 5.75 Å². The molecule has 3 aliphatic rings. The Balaban J connectivity index is 1.35. The molecule has 0 radical (unpaired) electrons. The van der Waals surface area contributed by atoms with Crippen molar-refractivity contribution in [3.63, 3.8) is 0 Å². The van der Waals surface area contributed by atoms with Crippen LogP contribution in [-0.2, 0) is 14.9 Å². The van der Waals surface area contributed by atoms with Crippen molar-refractivity contribution < 1.29 is 17.9 Å². The van der Waals surface area contributed by atoms with Gasteiger partial charge in [0, 0.05) is 45.0 Å². The van der Waals surface area contributed by atoms with E-state index in [-0.39, 0.29) is 11.5 Å². The van der Waals surface area contributed by atoms with E-state index in [9.17, 15) is 8.42 Å². The highest BCUT2D eigenvalue weighted by Gasteiger charge is 2.44. The molecule has 0 bridgehead atoms. The molecule has 3 fully saturated rings. The van der Waals surface area contributed by atoms with Gasteiger partial charge in [-0.1, -0.05) is 0 Å². The van der Waals surface area contributed by atoms with Crippen LogP contribution in [0.4, 0.5) is 5.69 Å². The monoisotopic (exact) mass is 423 g/mol. The number of hydrogen-bond donors (Lipinski definition) is 0. The number of morpholine rings is 1. The molecule has 1 aromatic carbocycles. The molecule has 29 heavy (non-hydrogen) atoms. The number of rotatable bonds is 5. The first-order valence-electron chi connectivity index (χ1n) is 10.7. The Bertz CT molecular complexity index is 783. The third-order valence-corrected chi connectivity index (χ3v) is 8.45. The molecule has 1 aromatic rings. The third kappa shape index (κ3) is 4.55. The van der Waals surface area contributed by atoms with Gasteiger partial charge in [-0.3, -0.25) is 0 Å². The van der Waals surface area contributed by atoms with Gasteiger partial charge in [-0.25, -0.2) is 0 Å². The summed E-state index contributed by atoms with van der Waals surface area (Å²) in [6.45, 7) is 9.25. The van der Waals surface area contributed by atoms with Crippen molar-refractivity contribution in [1.82, 2.24) is 8.61 Å². The Labute approximate surface area is 174 Å². The summed E-state index contributed by atoms with van der Waals surface area (Å²) in [6.07, 6.45) is 3.17. The van der Waals surface area contributed by atoms with Crippen LogP contribution in [0.15, 0.2) is 24.3 Å². The van der Waals surface area contributed by atoms with Crippen LogP contribution in [0.3, 0.4) is 0 Å². The summed E-state index contributed by atoms with van der Waals surface area (Å²) in [5.74, 6) is 0.902. The predicted molar refractivity (Wildman–Crippen MR) is 114 cm³/mol. The highest BCUT2D eigenvalue weighted by atomic mass is 32.2. The standard InChI is InChI=1S/C21H33N3O4S/c1-18(2)28-20-5-3-19(4-6-20)22-10-7-21(17-22)8-11-23(12-9-21)29(25,26)24-13-15-27-16-14-24/h3-6,18H,7-17H2,1-2H3. The molecule has 8 heteroatoms. The van der Waals surface area contributed by atoms with Crippen molar-refractivity contribution in [2.24, 2.45) is 5.41 Å². The smallest absolute Gasteiger partial charge is 0.282 e. The van der Waals surface area contributed by atoms with Crippen LogP contribution < -0.4 is 9.64 Å². The average molecular weight is 424 g/mol. The van der Waals surface area contributed by atoms with Crippen molar-refractivity contribution in [1.29, 1.82) is 0 Å². The van der Waals surface area contributed by atoms with E-state index in [0.717, 1.165) is 38.1 Å². The van der Waals surface area contributed by atoms with Gasteiger partial charge >= 0.3 is 0 Å². The summed E-state index contributed by atoms with van der Waals surface area (Å²) >= 11 is 0. The second kappa shape index (κ2) is 8.41. The highest BCUT2D eigenvalue weighted by Crippen LogP contribution is 2.42. The second-order valence-electron chi connectivity index (χ2n) is 8.75. The van der Waals surface area contributed by atoms with Crippen molar-refractivity contribution in [3.8, 4) is 5.75 Å². The minimum Gasteiger partial charge on any atom is -0.491 e. The van der Waals surface area contributed by atoms with Gasteiger partial charge in [-0.05, 0) is 62.8 Å². The van der Waals surface area contributed by atoms with Crippen molar-refractivity contribution in [2.75, 3.05) is 57.4 Å². The molecular weight excluding hydrogens is 390 g/mol. The Morgan fingerprint density at radius 3 is 2.14 bits per heavy atom. The Morgan fingerprint density at radius 2 is 1.52 bits per heavy atom. The maximum atomic E-state index is 12.9. The number of nitrogens with zero attached hydrogens (tertiary/aromatic N) is 3. The molecule has 0 aromatic heterocycles. The molecule has 0 saturated carbocycles. The fourth-order valence-electron chi connectivity index (χ4n) is 4.70. The van der Waals surface area contributed by atoms with Crippen LogP contribution in [0, 0.1) is 5.41 Å². The first-order valence-corrected chi connectivity index (χ1v) is 12.1. The second-order valence-corrected chi connectivity index (χ2v) is 10.7. The Hall–Kier alpha value is -1.35. The molecule has 3 aliphatic heterocycles. The lowest BCUT2D eigenvalue weighted by Gasteiger charge is -2.40. The van der Waals surface area contributed by atoms with Crippen molar-refractivity contribution >= 4 is 15.9 Å². The summed E-state index contributed by atoms with van der Waals surface area (Å²) in [5.41, 5.74) is 1.45. The number of piperidine rings is 1. The van der Waals surface area contributed by atoms with Crippen molar-refractivity contribution in [3.05, 3.63) is 24.3 Å². The zero-order valence-corrected chi connectivity index (χ0v) is 18.4. The van der Waals surface area contributed by atoms with Crippen LogP contribution in [0.1, 0.15) is 33.1 Å². The van der Waals surface area contributed by atoms with E-state index in [1.165, 1.54) is 5.69 Å². The maximum absolute atomic E-state index is 12.9. The minimum atomic E-state index is -3.35. The van der Waals surface area contributed by atoms with E-state index in [4.69, 9.17) is 9.47 Å². The van der Waals surface area contributed by atoms with Crippen LogP contribution in [0.5, 0.6) is 5.75 Å². The van der Waals surface area contributed by atoms with Gasteiger partial charge in [0.2, 0.25) is 0 Å². The molecule has 0 N–H and O–H groups in total. The van der Waals surface area contributed by atoms with Crippen LogP contribution in [0.2, 0.25) is 0 Å². The number of anilines is 1. The molecule has 3 saturated heterocycles. The molecule has 3 heterocycles. The van der Waals surface area contributed by atoms with Gasteiger partial charge in [0.05, 0.1) is 19.3 Å². The SMILES string of the molecule is CC(C)Oc1ccc(N2CCC3(CCN(S(=O)(=O)N4CCOCC4)CC3)C2)cc1. The Morgan fingerprint density at radius 1 is 0.931 bits per heavy atom. The minimum absolute atomic E-state index is 0.176. The van der Waals surface area contributed by atoms with Crippen LogP contribution in [-0.4, -0.2) is 75.6 Å². The lowest BCUT2D eigenvalue weighted by atomic mass is 9.78. The largest absolute Gasteiger partial charge is 0.491 e. The van der Waals surface area contributed by atoms with E-state index in [0.29, 0.717) is 39.4 Å². The Kier molecular flexibility index (Phi) is 6.06. The normalized spacial score (nSPS) is 23.8. The lowest BCUT2D eigenvalue weighted by Crippen LogP contribution is -2.52. The topological polar surface area (TPSA) is 62.3 Å². The van der Waals surface area contributed by atoms with E-state index in [2.05, 4.69) is 17.0 Å². The van der Waals surface area contributed by atoms with Gasteiger partial charge in [0.25, 0.3) is 10.2 Å². The molecule has 162 valence electrons. The fourth-order valence-corrected chi connectivity index (χ4v) is 6.28. The van der Waals surface area contributed by atoms with E-state index >= 15 is 0 Å². The fraction of sp³-hybridized carbons (Fsp3) is 0.714. The summed E-state index contributed by atoms with van der Waals surface area (Å²) in [7, 11) is -3.35. The average Bonchev–Trinajstić information content (AvgIpc) is 3.12. The zero-order chi connectivity index (χ0) is 20.5.